The van der Waals surface area contributed by atoms with Crippen LogP contribution in [-0.4, -0.2) is 21.4 Å². The van der Waals surface area contributed by atoms with Crippen LogP contribution < -0.4 is 5.73 Å². The number of nitrogens with zero attached hydrogens (tertiary/aromatic N) is 2. The maximum Gasteiger partial charge on any atom is 0.138 e. The van der Waals surface area contributed by atoms with Crippen LogP contribution in [0, 0.1) is 0 Å². The van der Waals surface area contributed by atoms with E-state index in [9.17, 15) is 0 Å². The van der Waals surface area contributed by atoms with Crippen LogP contribution in [0.4, 0.5) is 5.82 Å². The van der Waals surface area contributed by atoms with Gasteiger partial charge in [-0.05, 0) is 40.1 Å². The average Bonchev–Trinajstić information content (AvgIpc) is 2.53. The Labute approximate surface area is 101 Å². The molecule has 0 saturated heterocycles. The predicted octanol–water partition coefficient (Wildman–Crippen LogP) is 2.58. The molecular weight excluding hydrogens is 274 g/mol. The average molecular weight is 286 g/mol. The van der Waals surface area contributed by atoms with Gasteiger partial charge >= 0.3 is 0 Å². The highest BCUT2D eigenvalue weighted by Gasteiger charge is 2.08. The number of nitrogens with two attached hydrogens (primary N) is 1. The van der Waals surface area contributed by atoms with Crippen molar-refractivity contribution in [3.63, 3.8) is 0 Å². The lowest BCUT2D eigenvalue weighted by Crippen LogP contribution is -1.97. The first-order valence-corrected chi connectivity index (χ1v) is 6.82. The highest BCUT2D eigenvalue weighted by atomic mass is 79.9. The Morgan fingerprint density at radius 3 is 3.07 bits per heavy atom. The molecule has 0 amide bonds. The molecule has 5 heteroatoms. The van der Waals surface area contributed by atoms with Crippen molar-refractivity contribution < 1.29 is 0 Å². The SMILES string of the molecule is CSCCc1nc2ccc(Br)cn2c1N. The molecule has 80 valence electrons. The summed E-state index contributed by atoms with van der Waals surface area (Å²) in [6.45, 7) is 0. The van der Waals surface area contributed by atoms with Crippen LogP contribution in [0.25, 0.3) is 5.65 Å². The van der Waals surface area contributed by atoms with Gasteiger partial charge in [0.1, 0.15) is 11.5 Å². The van der Waals surface area contributed by atoms with Crippen molar-refractivity contribution in [3.8, 4) is 0 Å². The van der Waals surface area contributed by atoms with Crippen LogP contribution in [0.2, 0.25) is 0 Å². The Morgan fingerprint density at radius 1 is 1.53 bits per heavy atom. The normalized spacial score (nSPS) is 11.1. The molecule has 0 aromatic carbocycles. The fraction of sp³-hybridized carbons (Fsp3) is 0.300. The van der Waals surface area contributed by atoms with Crippen molar-refractivity contribution in [2.75, 3.05) is 17.7 Å². The third-order valence-corrected chi connectivity index (χ3v) is 3.32. The molecule has 0 radical (unpaired) electrons. The van der Waals surface area contributed by atoms with E-state index in [-0.39, 0.29) is 0 Å². The summed E-state index contributed by atoms with van der Waals surface area (Å²) < 4.78 is 2.93. The number of pyridine rings is 1. The smallest absolute Gasteiger partial charge is 0.138 e. The maximum atomic E-state index is 6.02. The minimum atomic E-state index is 0.750. The van der Waals surface area contributed by atoms with Gasteiger partial charge < -0.3 is 5.73 Å². The van der Waals surface area contributed by atoms with E-state index in [1.54, 1.807) is 11.8 Å². The monoisotopic (exact) mass is 285 g/mol. The molecule has 2 aromatic heterocycles. The standard InChI is InChI=1S/C10H12BrN3S/c1-15-5-4-8-10(12)14-6-7(11)2-3-9(14)13-8/h2-3,6H,4-5,12H2,1H3. The molecule has 2 aromatic rings. The zero-order chi connectivity index (χ0) is 10.8. The lowest BCUT2D eigenvalue weighted by molar-refractivity contribution is 1.09. The second-order valence-electron chi connectivity index (χ2n) is 3.26. The highest BCUT2D eigenvalue weighted by molar-refractivity contribution is 9.10. The van der Waals surface area contributed by atoms with Crippen molar-refractivity contribution >= 4 is 39.2 Å². The Morgan fingerprint density at radius 2 is 2.33 bits per heavy atom. The first kappa shape index (κ1) is 10.8. The molecule has 0 aliphatic heterocycles. The molecule has 0 atom stereocenters. The molecular formula is C10H12BrN3S. The largest absolute Gasteiger partial charge is 0.383 e. The van der Waals surface area contributed by atoms with Gasteiger partial charge in [0.25, 0.3) is 0 Å². The van der Waals surface area contributed by atoms with E-state index < -0.39 is 0 Å². The van der Waals surface area contributed by atoms with Crippen LogP contribution in [0.3, 0.4) is 0 Å². The Hall–Kier alpha value is -0.680. The quantitative estimate of drug-likeness (QED) is 0.943. The van der Waals surface area contributed by atoms with E-state index in [2.05, 4.69) is 27.2 Å². The Balaban J connectivity index is 2.45. The number of fused-ring (bicyclic) bond motifs is 1. The van der Waals surface area contributed by atoms with E-state index in [1.165, 1.54) is 0 Å². The fourth-order valence-electron chi connectivity index (χ4n) is 1.47. The molecule has 2 rings (SSSR count). The summed E-state index contributed by atoms with van der Waals surface area (Å²) in [5, 5.41) is 0. The van der Waals surface area contributed by atoms with Crippen LogP contribution in [0.5, 0.6) is 0 Å². The lowest BCUT2D eigenvalue weighted by Gasteiger charge is -1.98. The molecule has 0 aliphatic carbocycles. The second-order valence-corrected chi connectivity index (χ2v) is 5.16. The van der Waals surface area contributed by atoms with Crippen LogP contribution in [-0.2, 0) is 6.42 Å². The van der Waals surface area contributed by atoms with Gasteiger partial charge in [0.2, 0.25) is 0 Å². The molecule has 0 fully saturated rings. The third kappa shape index (κ3) is 2.13. The van der Waals surface area contributed by atoms with E-state index in [1.807, 2.05) is 22.7 Å². The molecule has 15 heavy (non-hydrogen) atoms. The predicted molar refractivity (Wildman–Crippen MR) is 69.4 cm³/mol. The highest BCUT2D eigenvalue weighted by Crippen LogP contribution is 2.19. The first-order valence-electron chi connectivity index (χ1n) is 4.63. The molecule has 0 saturated carbocycles. The van der Waals surface area contributed by atoms with E-state index in [0.717, 1.165) is 33.8 Å². The third-order valence-electron chi connectivity index (χ3n) is 2.24. The van der Waals surface area contributed by atoms with Crippen LogP contribution in [0.1, 0.15) is 5.69 Å². The van der Waals surface area contributed by atoms with E-state index in [0.29, 0.717) is 0 Å². The number of aryl methyl sites for hydroxylation is 1. The van der Waals surface area contributed by atoms with Crippen molar-refractivity contribution in [2.45, 2.75) is 6.42 Å². The van der Waals surface area contributed by atoms with Gasteiger partial charge in [-0.15, -0.1) is 0 Å². The molecule has 0 bridgehead atoms. The summed E-state index contributed by atoms with van der Waals surface area (Å²) in [7, 11) is 0. The van der Waals surface area contributed by atoms with Gasteiger partial charge in [0, 0.05) is 17.1 Å². The zero-order valence-electron chi connectivity index (χ0n) is 8.40. The number of hydrogen-bond donors (Lipinski definition) is 1. The fourth-order valence-corrected chi connectivity index (χ4v) is 2.20. The van der Waals surface area contributed by atoms with Gasteiger partial charge in [-0.25, -0.2) is 4.98 Å². The van der Waals surface area contributed by atoms with Crippen LogP contribution in [0.15, 0.2) is 22.8 Å². The number of nitrogen functional groups attached to an aromatic ring is 1. The van der Waals surface area contributed by atoms with Crippen molar-refractivity contribution in [1.82, 2.24) is 9.38 Å². The number of halogens is 1. The van der Waals surface area contributed by atoms with E-state index >= 15 is 0 Å². The summed E-state index contributed by atoms with van der Waals surface area (Å²) in [4.78, 5) is 4.49. The molecule has 3 nitrogen and oxygen atoms in total. The van der Waals surface area contributed by atoms with Gasteiger partial charge in [0.15, 0.2) is 0 Å². The number of anilines is 1. The maximum absolute atomic E-state index is 6.02. The van der Waals surface area contributed by atoms with Gasteiger partial charge in [-0.2, -0.15) is 11.8 Å². The lowest BCUT2D eigenvalue weighted by atomic mass is 10.3. The van der Waals surface area contributed by atoms with Crippen LogP contribution >= 0.6 is 27.7 Å². The summed E-state index contributed by atoms with van der Waals surface area (Å²) in [5.41, 5.74) is 7.92. The molecule has 2 N–H and O–H groups in total. The molecule has 0 unspecified atom stereocenters. The molecule has 0 spiro atoms. The minimum Gasteiger partial charge on any atom is -0.383 e. The van der Waals surface area contributed by atoms with Crippen molar-refractivity contribution in [2.24, 2.45) is 0 Å². The van der Waals surface area contributed by atoms with E-state index in [4.69, 9.17) is 5.73 Å². The minimum absolute atomic E-state index is 0.750. The summed E-state index contributed by atoms with van der Waals surface area (Å²) >= 11 is 5.22. The number of rotatable bonds is 3. The van der Waals surface area contributed by atoms with Gasteiger partial charge in [0.05, 0.1) is 5.69 Å². The molecule has 0 aliphatic rings. The number of thioether (sulfide) groups is 1. The zero-order valence-corrected chi connectivity index (χ0v) is 10.8. The summed E-state index contributed by atoms with van der Waals surface area (Å²) in [5.74, 6) is 1.80. The van der Waals surface area contributed by atoms with Gasteiger partial charge in [-0.3, -0.25) is 4.40 Å². The first-order chi connectivity index (χ1) is 7.22. The number of aromatic nitrogens is 2. The van der Waals surface area contributed by atoms with Crippen molar-refractivity contribution in [1.29, 1.82) is 0 Å². The van der Waals surface area contributed by atoms with Gasteiger partial charge in [-0.1, -0.05) is 0 Å². The summed E-state index contributed by atoms with van der Waals surface area (Å²) in [6, 6.07) is 3.93. The topological polar surface area (TPSA) is 43.3 Å². The second kappa shape index (κ2) is 4.45. The number of hydrogen-bond acceptors (Lipinski definition) is 3. The Bertz CT molecular complexity index is 481. The van der Waals surface area contributed by atoms with Crippen molar-refractivity contribution in [3.05, 3.63) is 28.5 Å². The molecule has 2 heterocycles. The summed E-state index contributed by atoms with van der Waals surface area (Å²) in [6.07, 6.45) is 4.95. The Kier molecular flexibility index (Phi) is 3.21. The number of imidazole rings is 1.